The van der Waals surface area contributed by atoms with Crippen molar-refractivity contribution in [2.75, 3.05) is 6.54 Å². The normalized spacial score (nSPS) is 11.2. The molecule has 0 atom stereocenters. The van der Waals surface area contributed by atoms with Crippen molar-refractivity contribution in [3.63, 3.8) is 0 Å². The molecule has 0 heterocycles. The van der Waals surface area contributed by atoms with Crippen LogP contribution in [0.5, 0.6) is 0 Å². The second-order valence-electron chi connectivity index (χ2n) is 6.06. The van der Waals surface area contributed by atoms with Crippen LogP contribution >= 0.6 is 0 Å². The van der Waals surface area contributed by atoms with E-state index >= 15 is 0 Å². The largest absolute Gasteiger partial charge is 0.481 e. The van der Waals surface area contributed by atoms with E-state index < -0.39 is 5.97 Å². The molecule has 0 aromatic heterocycles. The van der Waals surface area contributed by atoms with Crippen LogP contribution in [0.15, 0.2) is 24.3 Å². The molecule has 5 heteroatoms. The fourth-order valence-electron chi connectivity index (χ4n) is 1.97. The molecule has 1 rings (SSSR count). The summed E-state index contributed by atoms with van der Waals surface area (Å²) in [6, 6.07) is 7.44. The van der Waals surface area contributed by atoms with Gasteiger partial charge in [-0.3, -0.25) is 9.59 Å². The van der Waals surface area contributed by atoms with E-state index in [1.54, 1.807) is 0 Å². The summed E-state index contributed by atoms with van der Waals surface area (Å²) in [7, 11) is 0. The second kappa shape index (κ2) is 7.78. The molecule has 0 radical (unpaired) electrons. The van der Waals surface area contributed by atoms with Crippen molar-refractivity contribution in [2.24, 2.45) is 0 Å². The van der Waals surface area contributed by atoms with Crippen molar-refractivity contribution in [2.45, 2.75) is 45.7 Å². The summed E-state index contributed by atoms with van der Waals surface area (Å²) in [5.41, 5.74) is 1.54. The third kappa shape index (κ3) is 7.46. The van der Waals surface area contributed by atoms with Gasteiger partial charge >= 0.3 is 5.97 Å². The maximum atomic E-state index is 11.7. The first-order valence-electron chi connectivity index (χ1n) is 7.08. The minimum absolute atomic E-state index is 0.00817. The molecule has 5 nitrogen and oxygen atoms in total. The summed E-state index contributed by atoms with van der Waals surface area (Å²) in [5, 5.41) is 14.9. The molecule has 116 valence electrons. The van der Waals surface area contributed by atoms with Crippen LogP contribution in [0.25, 0.3) is 0 Å². The molecule has 0 saturated heterocycles. The third-order valence-corrected chi connectivity index (χ3v) is 2.82. The Morgan fingerprint density at radius 1 is 1.14 bits per heavy atom. The number of carboxylic acid groups (broad SMARTS) is 1. The minimum Gasteiger partial charge on any atom is -0.481 e. The molecule has 21 heavy (non-hydrogen) atoms. The Labute approximate surface area is 125 Å². The minimum atomic E-state index is -0.841. The van der Waals surface area contributed by atoms with E-state index in [0.717, 1.165) is 11.1 Å². The highest BCUT2D eigenvalue weighted by Crippen LogP contribution is 2.09. The van der Waals surface area contributed by atoms with Crippen LogP contribution < -0.4 is 10.6 Å². The highest BCUT2D eigenvalue weighted by atomic mass is 16.4. The molecule has 0 fully saturated rings. The lowest BCUT2D eigenvalue weighted by molar-refractivity contribution is -0.136. The number of carbonyl (C=O) groups is 2. The maximum Gasteiger partial charge on any atom is 0.307 e. The lowest BCUT2D eigenvalue weighted by atomic mass is 10.0. The number of carbonyl (C=O) groups excluding carboxylic acids is 1. The van der Waals surface area contributed by atoms with Crippen LogP contribution in [0, 0.1) is 0 Å². The molecule has 0 aliphatic rings. The number of rotatable bonds is 7. The Kier molecular flexibility index (Phi) is 6.37. The van der Waals surface area contributed by atoms with E-state index in [9.17, 15) is 9.59 Å². The lowest BCUT2D eigenvalue weighted by Gasteiger charge is -2.20. The zero-order chi connectivity index (χ0) is 15.9. The molecule has 0 spiro atoms. The summed E-state index contributed by atoms with van der Waals surface area (Å²) in [6.45, 7) is 6.96. The van der Waals surface area contributed by atoms with Crippen LogP contribution in [0.2, 0.25) is 0 Å². The fraction of sp³-hybridized carbons (Fsp3) is 0.500. The van der Waals surface area contributed by atoms with Gasteiger partial charge in [-0.05, 0) is 31.9 Å². The van der Waals surface area contributed by atoms with Crippen molar-refractivity contribution in [3.8, 4) is 0 Å². The summed E-state index contributed by atoms with van der Waals surface area (Å²) >= 11 is 0. The Balaban J connectivity index is 2.39. The number of nitrogens with one attached hydrogen (secondary N) is 2. The van der Waals surface area contributed by atoms with Crippen molar-refractivity contribution < 1.29 is 14.7 Å². The standard InChI is InChI=1S/C16H24N2O3/c1-16(2,3)18-14(19)8-9-17-11-13-7-5-4-6-12(13)10-15(20)21/h4-7,17H,8-11H2,1-3H3,(H,18,19)(H,20,21). The highest BCUT2D eigenvalue weighted by Gasteiger charge is 2.13. The van der Waals surface area contributed by atoms with E-state index in [1.807, 2.05) is 45.0 Å². The Bertz CT molecular complexity index is 493. The van der Waals surface area contributed by atoms with Crippen molar-refractivity contribution in [1.29, 1.82) is 0 Å². The molecule has 0 aliphatic heterocycles. The van der Waals surface area contributed by atoms with Crippen molar-refractivity contribution in [3.05, 3.63) is 35.4 Å². The molecule has 1 amide bonds. The number of aliphatic carboxylic acids is 1. The van der Waals surface area contributed by atoms with E-state index in [2.05, 4.69) is 10.6 Å². The van der Waals surface area contributed by atoms with Crippen LogP contribution in [0.1, 0.15) is 38.3 Å². The maximum absolute atomic E-state index is 11.7. The number of carboxylic acids is 1. The topological polar surface area (TPSA) is 78.4 Å². The van der Waals surface area contributed by atoms with Gasteiger partial charge in [0.05, 0.1) is 6.42 Å². The predicted octanol–water partition coefficient (Wildman–Crippen LogP) is 1.71. The van der Waals surface area contributed by atoms with E-state index in [4.69, 9.17) is 5.11 Å². The first-order valence-corrected chi connectivity index (χ1v) is 7.08. The van der Waals surface area contributed by atoms with E-state index in [1.165, 1.54) is 0 Å². The Morgan fingerprint density at radius 2 is 1.76 bits per heavy atom. The molecular weight excluding hydrogens is 268 g/mol. The Morgan fingerprint density at radius 3 is 2.33 bits per heavy atom. The number of amides is 1. The number of hydrogen-bond donors (Lipinski definition) is 3. The van der Waals surface area contributed by atoms with Gasteiger partial charge in [0.25, 0.3) is 0 Å². The van der Waals surface area contributed by atoms with Gasteiger partial charge < -0.3 is 15.7 Å². The van der Waals surface area contributed by atoms with Gasteiger partial charge in [0, 0.05) is 25.0 Å². The molecule has 0 saturated carbocycles. The SMILES string of the molecule is CC(C)(C)NC(=O)CCNCc1ccccc1CC(=O)O. The van der Waals surface area contributed by atoms with Gasteiger partial charge in [-0.2, -0.15) is 0 Å². The van der Waals surface area contributed by atoms with Crippen LogP contribution in [-0.4, -0.2) is 29.1 Å². The fourth-order valence-corrected chi connectivity index (χ4v) is 1.97. The highest BCUT2D eigenvalue weighted by molar-refractivity contribution is 5.76. The van der Waals surface area contributed by atoms with Gasteiger partial charge in [0.15, 0.2) is 0 Å². The third-order valence-electron chi connectivity index (χ3n) is 2.82. The molecule has 0 bridgehead atoms. The second-order valence-corrected chi connectivity index (χ2v) is 6.06. The molecule has 0 aliphatic carbocycles. The van der Waals surface area contributed by atoms with E-state index in [-0.39, 0.29) is 17.9 Å². The number of hydrogen-bond acceptors (Lipinski definition) is 3. The monoisotopic (exact) mass is 292 g/mol. The zero-order valence-corrected chi connectivity index (χ0v) is 12.9. The average Bonchev–Trinajstić information content (AvgIpc) is 2.33. The van der Waals surface area contributed by atoms with Crippen LogP contribution in [0.4, 0.5) is 0 Å². The summed E-state index contributed by atoms with van der Waals surface area (Å²) < 4.78 is 0. The summed E-state index contributed by atoms with van der Waals surface area (Å²) in [4.78, 5) is 22.5. The zero-order valence-electron chi connectivity index (χ0n) is 12.9. The van der Waals surface area contributed by atoms with Gasteiger partial charge in [-0.1, -0.05) is 24.3 Å². The molecule has 0 unspecified atom stereocenters. The van der Waals surface area contributed by atoms with Gasteiger partial charge in [0.2, 0.25) is 5.91 Å². The smallest absolute Gasteiger partial charge is 0.307 e. The first-order chi connectivity index (χ1) is 9.78. The molecular formula is C16H24N2O3. The van der Waals surface area contributed by atoms with Gasteiger partial charge in [-0.25, -0.2) is 0 Å². The first kappa shape index (κ1) is 17.2. The summed E-state index contributed by atoms with van der Waals surface area (Å²) in [6.07, 6.45) is 0.417. The quantitative estimate of drug-likeness (QED) is 0.669. The molecule has 1 aromatic carbocycles. The van der Waals surface area contributed by atoms with Crippen LogP contribution in [0.3, 0.4) is 0 Å². The molecule has 3 N–H and O–H groups in total. The van der Waals surface area contributed by atoms with Gasteiger partial charge in [-0.15, -0.1) is 0 Å². The molecule has 1 aromatic rings. The van der Waals surface area contributed by atoms with Gasteiger partial charge in [0.1, 0.15) is 0 Å². The lowest BCUT2D eigenvalue weighted by Crippen LogP contribution is -2.41. The van der Waals surface area contributed by atoms with Crippen molar-refractivity contribution >= 4 is 11.9 Å². The Hall–Kier alpha value is -1.88. The van der Waals surface area contributed by atoms with E-state index in [0.29, 0.717) is 19.5 Å². The van der Waals surface area contributed by atoms with Crippen molar-refractivity contribution in [1.82, 2.24) is 10.6 Å². The predicted molar refractivity (Wildman–Crippen MR) is 82.0 cm³/mol. The average molecular weight is 292 g/mol. The number of benzene rings is 1. The summed E-state index contributed by atoms with van der Waals surface area (Å²) in [5.74, 6) is -0.833. The van der Waals surface area contributed by atoms with Crippen LogP contribution in [-0.2, 0) is 22.6 Å².